The van der Waals surface area contributed by atoms with Gasteiger partial charge in [-0.25, -0.2) is 4.79 Å². The van der Waals surface area contributed by atoms with E-state index in [1.54, 1.807) is 19.2 Å². The standard InChI is InChI=1S/C11H15ClN2O2/c1-16-8-4-7-13-11(15)14-10-6-3-2-5-9(10)12/h2-3,5-6H,4,7-8H2,1H3,(H2,13,14,15). The van der Waals surface area contributed by atoms with Gasteiger partial charge in [0.15, 0.2) is 0 Å². The highest BCUT2D eigenvalue weighted by molar-refractivity contribution is 6.33. The van der Waals surface area contributed by atoms with Gasteiger partial charge in [-0.15, -0.1) is 0 Å². The number of para-hydroxylation sites is 1. The van der Waals surface area contributed by atoms with E-state index in [2.05, 4.69) is 10.6 Å². The highest BCUT2D eigenvalue weighted by Crippen LogP contribution is 2.19. The van der Waals surface area contributed by atoms with Crippen molar-refractivity contribution in [3.8, 4) is 0 Å². The van der Waals surface area contributed by atoms with Gasteiger partial charge < -0.3 is 15.4 Å². The van der Waals surface area contributed by atoms with Gasteiger partial charge in [-0.3, -0.25) is 0 Å². The van der Waals surface area contributed by atoms with Crippen molar-refractivity contribution in [2.75, 3.05) is 25.6 Å². The monoisotopic (exact) mass is 242 g/mol. The first-order chi connectivity index (χ1) is 7.74. The largest absolute Gasteiger partial charge is 0.385 e. The number of halogens is 1. The summed E-state index contributed by atoms with van der Waals surface area (Å²) in [4.78, 5) is 11.4. The van der Waals surface area contributed by atoms with Gasteiger partial charge in [-0.2, -0.15) is 0 Å². The minimum atomic E-state index is -0.260. The summed E-state index contributed by atoms with van der Waals surface area (Å²) in [6.07, 6.45) is 0.784. The molecule has 88 valence electrons. The summed E-state index contributed by atoms with van der Waals surface area (Å²) in [6, 6.07) is 6.83. The van der Waals surface area contributed by atoms with Gasteiger partial charge in [0.25, 0.3) is 0 Å². The lowest BCUT2D eigenvalue weighted by atomic mass is 10.3. The van der Waals surface area contributed by atoms with Crippen molar-refractivity contribution in [3.63, 3.8) is 0 Å². The Morgan fingerprint density at radius 1 is 1.44 bits per heavy atom. The van der Waals surface area contributed by atoms with Crippen LogP contribution in [0.3, 0.4) is 0 Å². The number of hydrogen-bond acceptors (Lipinski definition) is 2. The number of carbonyl (C=O) groups is 1. The van der Waals surface area contributed by atoms with Crippen molar-refractivity contribution < 1.29 is 9.53 Å². The average Bonchev–Trinajstić information content (AvgIpc) is 2.28. The molecule has 1 aromatic rings. The second-order valence-corrected chi connectivity index (χ2v) is 3.61. The third kappa shape index (κ3) is 4.51. The summed E-state index contributed by atoms with van der Waals surface area (Å²) < 4.78 is 4.87. The fourth-order valence-electron chi connectivity index (χ4n) is 1.15. The molecule has 0 spiro atoms. The summed E-state index contributed by atoms with van der Waals surface area (Å²) in [5.41, 5.74) is 0.605. The van der Waals surface area contributed by atoms with Crippen LogP contribution in [-0.4, -0.2) is 26.3 Å². The van der Waals surface area contributed by atoms with Crippen molar-refractivity contribution in [1.29, 1.82) is 0 Å². The normalized spacial score (nSPS) is 9.88. The van der Waals surface area contributed by atoms with Gasteiger partial charge >= 0.3 is 6.03 Å². The SMILES string of the molecule is COCCCNC(=O)Nc1ccccc1Cl. The molecule has 0 aliphatic heterocycles. The molecule has 0 aliphatic carbocycles. The molecular formula is C11H15ClN2O2. The zero-order valence-electron chi connectivity index (χ0n) is 9.13. The molecule has 0 atom stereocenters. The number of hydrogen-bond donors (Lipinski definition) is 2. The van der Waals surface area contributed by atoms with Crippen molar-refractivity contribution >= 4 is 23.3 Å². The van der Waals surface area contributed by atoms with Crippen LogP contribution in [0, 0.1) is 0 Å². The van der Waals surface area contributed by atoms with E-state index in [0.29, 0.717) is 23.9 Å². The molecule has 0 heterocycles. The van der Waals surface area contributed by atoms with Crippen LogP contribution in [-0.2, 0) is 4.74 Å². The minimum absolute atomic E-state index is 0.260. The van der Waals surface area contributed by atoms with Crippen LogP contribution in [0.5, 0.6) is 0 Å². The predicted molar refractivity (Wildman–Crippen MR) is 65.0 cm³/mol. The Labute approximate surface area is 99.9 Å². The molecular weight excluding hydrogens is 228 g/mol. The number of amides is 2. The predicted octanol–water partition coefficient (Wildman–Crippen LogP) is 2.50. The molecule has 0 fully saturated rings. The van der Waals surface area contributed by atoms with E-state index in [9.17, 15) is 4.79 Å². The number of anilines is 1. The second kappa shape index (κ2) is 7.09. The number of benzene rings is 1. The Balaban J connectivity index is 2.32. The Morgan fingerprint density at radius 2 is 2.19 bits per heavy atom. The summed E-state index contributed by atoms with van der Waals surface area (Å²) in [5, 5.41) is 5.89. The molecule has 0 aliphatic rings. The smallest absolute Gasteiger partial charge is 0.319 e. The minimum Gasteiger partial charge on any atom is -0.385 e. The van der Waals surface area contributed by atoms with Gasteiger partial charge in [0, 0.05) is 20.3 Å². The number of methoxy groups -OCH3 is 1. The molecule has 0 aromatic heterocycles. The average molecular weight is 243 g/mol. The van der Waals surface area contributed by atoms with E-state index in [4.69, 9.17) is 16.3 Å². The maximum absolute atomic E-state index is 11.4. The molecule has 2 amide bonds. The van der Waals surface area contributed by atoms with Gasteiger partial charge in [0.1, 0.15) is 0 Å². The number of rotatable bonds is 5. The maximum Gasteiger partial charge on any atom is 0.319 e. The van der Waals surface area contributed by atoms with Crippen LogP contribution in [0.1, 0.15) is 6.42 Å². The van der Waals surface area contributed by atoms with E-state index in [0.717, 1.165) is 6.42 Å². The van der Waals surface area contributed by atoms with E-state index in [1.165, 1.54) is 0 Å². The lowest BCUT2D eigenvalue weighted by Crippen LogP contribution is -2.30. The van der Waals surface area contributed by atoms with Gasteiger partial charge in [-0.1, -0.05) is 23.7 Å². The fourth-order valence-corrected chi connectivity index (χ4v) is 1.33. The quantitative estimate of drug-likeness (QED) is 0.780. The molecule has 2 N–H and O–H groups in total. The lowest BCUT2D eigenvalue weighted by Gasteiger charge is -2.08. The molecule has 0 radical (unpaired) electrons. The molecule has 16 heavy (non-hydrogen) atoms. The first kappa shape index (κ1) is 12.8. The number of urea groups is 1. The van der Waals surface area contributed by atoms with Crippen LogP contribution in [0.2, 0.25) is 5.02 Å². The van der Waals surface area contributed by atoms with Crippen LogP contribution in [0.15, 0.2) is 24.3 Å². The Morgan fingerprint density at radius 3 is 2.88 bits per heavy atom. The third-order valence-electron chi connectivity index (χ3n) is 1.93. The highest BCUT2D eigenvalue weighted by atomic mass is 35.5. The molecule has 4 nitrogen and oxygen atoms in total. The first-order valence-electron chi connectivity index (χ1n) is 5.02. The molecule has 0 unspecified atom stereocenters. The number of nitrogens with one attached hydrogen (secondary N) is 2. The van der Waals surface area contributed by atoms with Gasteiger partial charge in [0.05, 0.1) is 10.7 Å². The summed E-state index contributed by atoms with van der Waals surface area (Å²) in [5.74, 6) is 0. The Bertz CT molecular complexity index is 345. The van der Waals surface area contributed by atoms with Gasteiger partial charge in [0.2, 0.25) is 0 Å². The topological polar surface area (TPSA) is 50.4 Å². The van der Waals surface area contributed by atoms with E-state index in [1.807, 2.05) is 12.1 Å². The molecule has 1 aromatic carbocycles. The van der Waals surface area contributed by atoms with Crippen molar-refractivity contribution in [2.45, 2.75) is 6.42 Å². The van der Waals surface area contributed by atoms with Crippen molar-refractivity contribution in [3.05, 3.63) is 29.3 Å². The Kier molecular flexibility index (Phi) is 5.67. The summed E-state index contributed by atoms with van der Waals surface area (Å²) >= 11 is 5.89. The van der Waals surface area contributed by atoms with Crippen molar-refractivity contribution in [2.24, 2.45) is 0 Å². The maximum atomic E-state index is 11.4. The number of ether oxygens (including phenoxy) is 1. The zero-order chi connectivity index (χ0) is 11.8. The number of carbonyl (C=O) groups excluding carboxylic acids is 1. The second-order valence-electron chi connectivity index (χ2n) is 3.21. The first-order valence-corrected chi connectivity index (χ1v) is 5.40. The lowest BCUT2D eigenvalue weighted by molar-refractivity contribution is 0.194. The molecule has 0 saturated heterocycles. The van der Waals surface area contributed by atoms with Crippen LogP contribution in [0.25, 0.3) is 0 Å². The fraction of sp³-hybridized carbons (Fsp3) is 0.364. The van der Waals surface area contributed by atoms with E-state index < -0.39 is 0 Å². The van der Waals surface area contributed by atoms with Gasteiger partial charge in [-0.05, 0) is 18.6 Å². The molecule has 0 saturated carbocycles. The van der Waals surface area contributed by atoms with Crippen LogP contribution in [0.4, 0.5) is 10.5 Å². The highest BCUT2D eigenvalue weighted by Gasteiger charge is 2.03. The zero-order valence-corrected chi connectivity index (χ0v) is 9.88. The Hall–Kier alpha value is -1.26. The van der Waals surface area contributed by atoms with Crippen LogP contribution < -0.4 is 10.6 Å². The summed E-state index contributed by atoms with van der Waals surface area (Å²) in [7, 11) is 1.63. The van der Waals surface area contributed by atoms with E-state index >= 15 is 0 Å². The third-order valence-corrected chi connectivity index (χ3v) is 2.26. The van der Waals surface area contributed by atoms with E-state index in [-0.39, 0.29) is 6.03 Å². The molecule has 1 rings (SSSR count). The van der Waals surface area contributed by atoms with Crippen molar-refractivity contribution in [1.82, 2.24) is 5.32 Å². The molecule has 0 bridgehead atoms. The molecule has 5 heteroatoms. The summed E-state index contributed by atoms with van der Waals surface area (Å²) in [6.45, 7) is 1.20. The van der Waals surface area contributed by atoms with Crippen LogP contribution >= 0.6 is 11.6 Å².